The molecule has 0 heterocycles. The Kier molecular flexibility index (Phi) is 65.8. The number of carbonyl (C=O) groups is 3. The van der Waals surface area contributed by atoms with Crippen LogP contribution in [0.15, 0.2) is 146 Å². The third-order valence-corrected chi connectivity index (χ3v) is 14.3. The summed E-state index contributed by atoms with van der Waals surface area (Å²) in [4.78, 5) is 38.5. The lowest BCUT2D eigenvalue weighted by Crippen LogP contribution is -2.30. The van der Waals surface area contributed by atoms with Crippen LogP contribution in [0.25, 0.3) is 0 Å². The molecule has 0 aliphatic heterocycles. The van der Waals surface area contributed by atoms with Gasteiger partial charge in [-0.1, -0.05) is 289 Å². The predicted octanol–water partition coefficient (Wildman–Crippen LogP) is 23.9. The summed E-state index contributed by atoms with van der Waals surface area (Å²) in [5, 5.41) is 0. The van der Waals surface area contributed by atoms with Gasteiger partial charge in [0, 0.05) is 19.3 Å². The topological polar surface area (TPSA) is 78.9 Å². The Morgan fingerprint density at radius 1 is 0.253 bits per heavy atom. The van der Waals surface area contributed by atoms with Crippen molar-refractivity contribution in [3.05, 3.63) is 146 Å². The predicted molar refractivity (Wildman–Crippen MR) is 362 cm³/mol. The molecule has 0 amide bonds. The van der Waals surface area contributed by atoms with E-state index < -0.39 is 6.10 Å². The molecule has 0 bridgehead atoms. The Hall–Kier alpha value is -4.71. The van der Waals surface area contributed by atoms with Crippen LogP contribution in [0.3, 0.4) is 0 Å². The highest BCUT2D eigenvalue weighted by Crippen LogP contribution is 2.16. The number of esters is 3. The molecule has 1 atom stereocenters. The van der Waals surface area contributed by atoms with Crippen LogP contribution >= 0.6 is 0 Å². The lowest BCUT2D eigenvalue weighted by molar-refractivity contribution is -0.167. The number of rotatable bonds is 61. The third-order valence-electron chi connectivity index (χ3n) is 14.3. The third kappa shape index (κ3) is 68.0. The number of unbranched alkanes of at least 4 members (excludes halogenated alkanes) is 26. The van der Waals surface area contributed by atoms with Gasteiger partial charge in [-0.2, -0.15) is 0 Å². The van der Waals surface area contributed by atoms with Gasteiger partial charge in [0.25, 0.3) is 0 Å². The van der Waals surface area contributed by atoms with E-state index in [1.807, 2.05) is 0 Å². The fraction of sp³-hybridized carbons (Fsp3) is 0.649. The maximum absolute atomic E-state index is 12.9. The van der Waals surface area contributed by atoms with E-state index in [4.69, 9.17) is 14.2 Å². The first kappa shape index (κ1) is 78.3. The molecular formula is C77H126O6. The molecule has 1 unspecified atom stereocenters. The zero-order valence-electron chi connectivity index (χ0n) is 53.9. The van der Waals surface area contributed by atoms with Crippen molar-refractivity contribution in [3.8, 4) is 0 Å². The van der Waals surface area contributed by atoms with Gasteiger partial charge in [-0.3, -0.25) is 14.4 Å². The molecule has 0 saturated heterocycles. The summed E-state index contributed by atoms with van der Waals surface area (Å²) in [5.41, 5.74) is 0. The van der Waals surface area contributed by atoms with Gasteiger partial charge in [0.05, 0.1) is 0 Å². The number of hydrogen-bond donors (Lipinski definition) is 0. The van der Waals surface area contributed by atoms with Crippen LogP contribution in [-0.2, 0) is 28.6 Å². The molecule has 0 N–H and O–H groups in total. The lowest BCUT2D eigenvalue weighted by Gasteiger charge is -2.18. The lowest BCUT2D eigenvalue weighted by atomic mass is 10.0. The normalized spacial score (nSPS) is 13.0. The van der Waals surface area contributed by atoms with Gasteiger partial charge in [0.1, 0.15) is 13.2 Å². The Balaban J connectivity index is 4.43. The van der Waals surface area contributed by atoms with E-state index in [0.717, 1.165) is 135 Å². The molecule has 0 aromatic carbocycles. The number of ether oxygens (including phenoxy) is 3. The SMILES string of the molecule is CC/C=C\C/C=C\C/C=C\C/C=C\C/C=C\CCCCCCCCCCCCCC(=O)OCC(COC(=O)CCCCCCCCCCC/C=C\C/C=C\CCCCC)OC(=O)CCCCC/C=C\C/C=C\C/C=C\C/C=C\C/C=C\CC. The highest BCUT2D eigenvalue weighted by molar-refractivity contribution is 5.71. The van der Waals surface area contributed by atoms with E-state index >= 15 is 0 Å². The van der Waals surface area contributed by atoms with Crippen LogP contribution < -0.4 is 0 Å². The second kappa shape index (κ2) is 69.8. The highest BCUT2D eigenvalue weighted by atomic mass is 16.6. The number of allylic oxidation sites excluding steroid dienone is 24. The van der Waals surface area contributed by atoms with Crippen molar-refractivity contribution in [1.82, 2.24) is 0 Å². The van der Waals surface area contributed by atoms with Crippen LogP contribution in [0, 0.1) is 0 Å². The van der Waals surface area contributed by atoms with Gasteiger partial charge in [-0.05, 0) is 141 Å². The summed E-state index contributed by atoms with van der Waals surface area (Å²) in [6, 6.07) is 0. The van der Waals surface area contributed by atoms with Crippen molar-refractivity contribution < 1.29 is 28.6 Å². The summed E-state index contributed by atoms with van der Waals surface area (Å²) >= 11 is 0. The molecule has 83 heavy (non-hydrogen) atoms. The highest BCUT2D eigenvalue weighted by Gasteiger charge is 2.19. The average Bonchev–Trinajstić information content (AvgIpc) is 3.50. The molecule has 0 rings (SSSR count). The number of hydrogen-bond acceptors (Lipinski definition) is 6. The molecule has 0 aromatic rings. The summed E-state index contributed by atoms with van der Waals surface area (Å²) in [5.74, 6) is -0.933. The maximum atomic E-state index is 12.9. The zero-order valence-corrected chi connectivity index (χ0v) is 53.9. The molecule has 0 saturated carbocycles. The van der Waals surface area contributed by atoms with E-state index in [2.05, 4.69) is 167 Å². The maximum Gasteiger partial charge on any atom is 0.306 e. The average molecular weight is 1150 g/mol. The van der Waals surface area contributed by atoms with Gasteiger partial charge in [-0.25, -0.2) is 0 Å². The van der Waals surface area contributed by atoms with Crippen molar-refractivity contribution in [2.45, 2.75) is 309 Å². The second-order valence-electron chi connectivity index (χ2n) is 22.3. The molecule has 0 aromatic heterocycles. The van der Waals surface area contributed by atoms with Crippen LogP contribution in [0.5, 0.6) is 0 Å². The second-order valence-corrected chi connectivity index (χ2v) is 22.3. The van der Waals surface area contributed by atoms with Gasteiger partial charge in [0.15, 0.2) is 6.10 Å². The monoisotopic (exact) mass is 1150 g/mol. The van der Waals surface area contributed by atoms with Crippen molar-refractivity contribution in [2.24, 2.45) is 0 Å². The largest absolute Gasteiger partial charge is 0.462 e. The molecule has 470 valence electrons. The minimum atomic E-state index is -0.807. The molecule has 0 radical (unpaired) electrons. The molecule has 0 spiro atoms. The molecule has 6 nitrogen and oxygen atoms in total. The van der Waals surface area contributed by atoms with Crippen LogP contribution in [0.1, 0.15) is 303 Å². The van der Waals surface area contributed by atoms with E-state index in [9.17, 15) is 14.4 Å². The van der Waals surface area contributed by atoms with Crippen LogP contribution in [0.2, 0.25) is 0 Å². The van der Waals surface area contributed by atoms with Gasteiger partial charge < -0.3 is 14.2 Å². The fourth-order valence-corrected chi connectivity index (χ4v) is 9.23. The Morgan fingerprint density at radius 3 is 0.747 bits per heavy atom. The van der Waals surface area contributed by atoms with E-state index in [0.29, 0.717) is 12.8 Å². The summed E-state index contributed by atoms with van der Waals surface area (Å²) in [7, 11) is 0. The summed E-state index contributed by atoms with van der Waals surface area (Å²) in [6.45, 7) is 6.37. The van der Waals surface area contributed by atoms with Crippen molar-refractivity contribution in [1.29, 1.82) is 0 Å². The minimum absolute atomic E-state index is 0.0982. The first-order valence-corrected chi connectivity index (χ1v) is 34.3. The Bertz CT molecular complexity index is 1800. The zero-order chi connectivity index (χ0) is 59.9. The number of carbonyl (C=O) groups excluding carboxylic acids is 3. The Morgan fingerprint density at radius 2 is 0.470 bits per heavy atom. The quantitative estimate of drug-likeness (QED) is 0.0261. The van der Waals surface area contributed by atoms with Gasteiger partial charge in [-0.15, -0.1) is 0 Å². The minimum Gasteiger partial charge on any atom is -0.462 e. The molecule has 0 aliphatic carbocycles. The van der Waals surface area contributed by atoms with Crippen LogP contribution in [0.4, 0.5) is 0 Å². The standard InChI is InChI=1S/C77H126O6/c1-4-7-10-13-16-19-22-25-28-31-34-35-36-37-38-39-40-41-44-46-49-52-55-58-61-64-67-70-76(79)82-73-74(83-77(80)71-68-65-62-59-56-53-50-47-43-33-30-27-24-21-18-15-12-9-6-3)72-81-75(78)69-66-63-60-57-54-51-48-45-42-32-29-26-23-20-17-14-11-8-5-2/h7,9-10,12,16-21,25-30,34-35,37-38,43,47,53,56,74H,4-6,8,11,13-15,22-24,31-33,36,39-42,44-46,48-52,54-55,57-73H2,1-3H3/b10-7-,12-9-,19-16-,20-17-,21-18-,28-25-,29-26-,30-27-,35-34-,38-37-,47-43-,56-53-. The fourth-order valence-electron chi connectivity index (χ4n) is 9.23. The summed E-state index contributed by atoms with van der Waals surface area (Å²) in [6.07, 6.45) is 100.0. The smallest absolute Gasteiger partial charge is 0.306 e. The molecule has 0 fully saturated rings. The molecule has 0 aliphatic rings. The van der Waals surface area contributed by atoms with Gasteiger partial charge in [0.2, 0.25) is 0 Å². The van der Waals surface area contributed by atoms with Crippen molar-refractivity contribution in [3.63, 3.8) is 0 Å². The first-order chi connectivity index (χ1) is 41.0. The molecule has 6 heteroatoms. The van der Waals surface area contributed by atoms with Crippen LogP contribution in [-0.4, -0.2) is 37.2 Å². The van der Waals surface area contributed by atoms with Crippen molar-refractivity contribution >= 4 is 17.9 Å². The van der Waals surface area contributed by atoms with E-state index in [1.54, 1.807) is 0 Å². The van der Waals surface area contributed by atoms with Crippen molar-refractivity contribution in [2.75, 3.05) is 13.2 Å². The molecular weight excluding hydrogens is 1020 g/mol. The van der Waals surface area contributed by atoms with Gasteiger partial charge >= 0.3 is 17.9 Å². The van der Waals surface area contributed by atoms with E-state index in [-0.39, 0.29) is 37.5 Å². The Labute approximate surface area is 512 Å². The first-order valence-electron chi connectivity index (χ1n) is 34.3. The summed E-state index contributed by atoms with van der Waals surface area (Å²) < 4.78 is 17.0. The van der Waals surface area contributed by atoms with E-state index in [1.165, 1.54) is 128 Å².